The highest BCUT2D eigenvalue weighted by atomic mass is 32.2. The molecule has 28 heavy (non-hydrogen) atoms. The molecule has 1 heterocycles. The lowest BCUT2D eigenvalue weighted by molar-refractivity contribution is 0.588. The summed E-state index contributed by atoms with van der Waals surface area (Å²) < 4.78 is 55.4. The summed E-state index contributed by atoms with van der Waals surface area (Å²) in [6.07, 6.45) is 1.31. The number of hydrogen-bond acceptors (Lipinski definition) is 2. The first-order chi connectivity index (χ1) is 13.3. The van der Waals surface area contributed by atoms with Crippen molar-refractivity contribution >= 4 is 34.2 Å². The van der Waals surface area contributed by atoms with Crippen LogP contribution < -0.4 is 5.46 Å². The fourth-order valence-corrected chi connectivity index (χ4v) is 4.55. The Labute approximate surface area is 162 Å². The SMILES string of the molecule is [B]c1cn(S(=O)(=O)c2ccc(C)cc2)c2ccc(-c3c(F)cccc3F)cc12. The zero-order chi connectivity index (χ0) is 20.1. The Morgan fingerprint density at radius 2 is 1.57 bits per heavy atom. The molecule has 4 aromatic rings. The molecule has 0 unspecified atom stereocenters. The smallest absolute Gasteiger partial charge is 0.242 e. The van der Waals surface area contributed by atoms with E-state index in [1.807, 2.05) is 6.92 Å². The highest BCUT2D eigenvalue weighted by Crippen LogP contribution is 2.30. The van der Waals surface area contributed by atoms with Crippen LogP contribution in [-0.2, 0) is 10.0 Å². The van der Waals surface area contributed by atoms with E-state index in [9.17, 15) is 17.2 Å². The van der Waals surface area contributed by atoms with Gasteiger partial charge in [-0.1, -0.05) is 35.3 Å². The highest BCUT2D eigenvalue weighted by molar-refractivity contribution is 7.90. The average molecular weight is 393 g/mol. The molecule has 1 aromatic heterocycles. The van der Waals surface area contributed by atoms with Crippen LogP contribution in [0.5, 0.6) is 0 Å². The largest absolute Gasteiger partial charge is 0.268 e. The molecule has 0 atom stereocenters. The van der Waals surface area contributed by atoms with Gasteiger partial charge in [-0.25, -0.2) is 21.2 Å². The van der Waals surface area contributed by atoms with Crippen LogP contribution in [0.15, 0.2) is 71.8 Å². The first-order valence-electron chi connectivity index (χ1n) is 8.46. The summed E-state index contributed by atoms with van der Waals surface area (Å²) in [5.74, 6) is -1.41. The molecule has 0 N–H and O–H groups in total. The minimum absolute atomic E-state index is 0.124. The summed E-state index contributed by atoms with van der Waals surface area (Å²) in [5, 5.41) is 0.399. The Kier molecular flexibility index (Phi) is 4.35. The zero-order valence-corrected chi connectivity index (χ0v) is 15.7. The fourth-order valence-electron chi connectivity index (χ4n) is 3.18. The monoisotopic (exact) mass is 393 g/mol. The zero-order valence-electron chi connectivity index (χ0n) is 14.9. The van der Waals surface area contributed by atoms with E-state index in [1.54, 1.807) is 12.1 Å². The number of fused-ring (bicyclic) bond motifs is 1. The predicted octanol–water partition coefficient (Wildman–Crippen LogP) is 3.93. The van der Waals surface area contributed by atoms with Crippen LogP contribution in [-0.4, -0.2) is 20.2 Å². The summed E-state index contributed by atoms with van der Waals surface area (Å²) in [5.41, 5.74) is 1.56. The van der Waals surface area contributed by atoms with Gasteiger partial charge in [0.1, 0.15) is 19.5 Å². The van der Waals surface area contributed by atoms with E-state index < -0.39 is 21.7 Å². The van der Waals surface area contributed by atoms with Crippen LogP contribution in [0.1, 0.15) is 5.56 Å². The first kappa shape index (κ1) is 18.4. The van der Waals surface area contributed by atoms with Crippen LogP contribution in [0.2, 0.25) is 0 Å². The lowest BCUT2D eigenvalue weighted by atomic mass is 9.93. The second-order valence-corrected chi connectivity index (χ2v) is 8.34. The van der Waals surface area contributed by atoms with Crippen LogP contribution in [0, 0.1) is 18.6 Å². The Bertz CT molecular complexity index is 1290. The van der Waals surface area contributed by atoms with E-state index >= 15 is 0 Å². The second-order valence-electron chi connectivity index (χ2n) is 6.53. The molecule has 0 spiro atoms. The third-order valence-electron chi connectivity index (χ3n) is 4.63. The van der Waals surface area contributed by atoms with Crippen molar-refractivity contribution in [2.75, 3.05) is 0 Å². The van der Waals surface area contributed by atoms with Gasteiger partial charge in [0, 0.05) is 6.20 Å². The van der Waals surface area contributed by atoms with E-state index in [4.69, 9.17) is 7.85 Å². The molecule has 0 saturated carbocycles. The average Bonchev–Trinajstić information content (AvgIpc) is 2.99. The molecular formula is C21H14BF2NO2S. The van der Waals surface area contributed by atoms with Gasteiger partial charge in [-0.05, 0) is 54.3 Å². The van der Waals surface area contributed by atoms with Gasteiger partial charge in [-0.3, -0.25) is 0 Å². The molecule has 0 saturated heterocycles. The van der Waals surface area contributed by atoms with Crippen molar-refractivity contribution in [3.8, 4) is 11.1 Å². The molecule has 0 amide bonds. The summed E-state index contributed by atoms with van der Waals surface area (Å²) in [4.78, 5) is 0.124. The molecule has 2 radical (unpaired) electrons. The second kappa shape index (κ2) is 6.60. The van der Waals surface area contributed by atoms with Gasteiger partial charge in [0.25, 0.3) is 10.0 Å². The number of nitrogens with zero attached hydrogens (tertiary/aromatic N) is 1. The third-order valence-corrected chi connectivity index (χ3v) is 6.32. The van der Waals surface area contributed by atoms with Crippen molar-refractivity contribution in [3.05, 3.63) is 84.1 Å². The summed E-state index contributed by atoms with van der Waals surface area (Å²) in [6.45, 7) is 1.86. The number of aromatic nitrogens is 1. The maximum atomic E-state index is 14.1. The van der Waals surface area contributed by atoms with E-state index in [-0.39, 0.29) is 21.5 Å². The maximum Gasteiger partial charge on any atom is 0.268 e. The van der Waals surface area contributed by atoms with Gasteiger partial charge >= 0.3 is 0 Å². The Balaban J connectivity index is 1.91. The Hall–Kier alpha value is -2.93. The Morgan fingerprint density at radius 3 is 2.21 bits per heavy atom. The molecule has 7 heteroatoms. The molecule has 0 aliphatic carbocycles. The number of halogens is 2. The van der Waals surface area contributed by atoms with Gasteiger partial charge in [0.2, 0.25) is 0 Å². The topological polar surface area (TPSA) is 39.1 Å². The highest BCUT2D eigenvalue weighted by Gasteiger charge is 2.21. The van der Waals surface area contributed by atoms with Gasteiger partial charge in [0.05, 0.1) is 16.0 Å². The summed E-state index contributed by atoms with van der Waals surface area (Å²) >= 11 is 0. The predicted molar refractivity (Wildman–Crippen MR) is 106 cm³/mol. The minimum Gasteiger partial charge on any atom is -0.242 e. The third kappa shape index (κ3) is 2.92. The normalized spacial score (nSPS) is 11.8. The molecule has 0 aliphatic heterocycles. The molecule has 3 nitrogen and oxygen atoms in total. The minimum atomic E-state index is -3.87. The van der Waals surface area contributed by atoms with E-state index in [0.717, 1.165) is 9.54 Å². The lowest BCUT2D eigenvalue weighted by Crippen LogP contribution is -2.12. The van der Waals surface area contributed by atoms with Gasteiger partial charge in [0.15, 0.2) is 0 Å². The van der Waals surface area contributed by atoms with Crippen LogP contribution in [0.4, 0.5) is 8.78 Å². The van der Waals surface area contributed by atoms with E-state index in [0.29, 0.717) is 10.9 Å². The molecule has 4 rings (SSSR count). The van der Waals surface area contributed by atoms with Crippen molar-refractivity contribution < 1.29 is 17.2 Å². The van der Waals surface area contributed by atoms with Crippen molar-refractivity contribution in [1.82, 2.24) is 3.97 Å². The van der Waals surface area contributed by atoms with E-state index in [2.05, 4.69) is 0 Å². The maximum absolute atomic E-state index is 14.1. The molecule has 3 aromatic carbocycles. The van der Waals surface area contributed by atoms with Crippen molar-refractivity contribution in [2.24, 2.45) is 0 Å². The van der Waals surface area contributed by atoms with Crippen LogP contribution in [0.3, 0.4) is 0 Å². The van der Waals surface area contributed by atoms with Crippen molar-refractivity contribution in [2.45, 2.75) is 11.8 Å². The quantitative estimate of drug-likeness (QED) is 0.495. The standard InChI is InChI=1S/C21H14BF2NO2S/c1-13-5-8-15(9-6-13)28(26,27)25-12-17(22)16-11-14(7-10-20(16)25)21-18(23)3-2-4-19(21)24/h2-12H,1H3. The molecule has 0 bridgehead atoms. The van der Waals surface area contributed by atoms with Crippen molar-refractivity contribution in [1.29, 1.82) is 0 Å². The molecule has 138 valence electrons. The van der Waals surface area contributed by atoms with Gasteiger partial charge < -0.3 is 0 Å². The lowest BCUT2D eigenvalue weighted by Gasteiger charge is -2.09. The number of hydrogen-bond donors (Lipinski definition) is 0. The van der Waals surface area contributed by atoms with Crippen molar-refractivity contribution in [3.63, 3.8) is 0 Å². The van der Waals surface area contributed by atoms with Crippen LogP contribution >= 0.6 is 0 Å². The summed E-state index contributed by atoms with van der Waals surface area (Å²) in [7, 11) is 2.16. The molecular weight excluding hydrogens is 379 g/mol. The number of rotatable bonds is 3. The van der Waals surface area contributed by atoms with Crippen LogP contribution in [0.25, 0.3) is 22.0 Å². The molecule has 0 fully saturated rings. The van der Waals surface area contributed by atoms with E-state index in [1.165, 1.54) is 54.7 Å². The number of benzene rings is 3. The first-order valence-corrected chi connectivity index (χ1v) is 9.90. The van der Waals surface area contributed by atoms with Gasteiger partial charge in [-0.2, -0.15) is 0 Å². The molecule has 0 aliphatic rings. The fraction of sp³-hybridized carbons (Fsp3) is 0.0476. The number of aryl methyl sites for hydroxylation is 1. The van der Waals surface area contributed by atoms with Gasteiger partial charge in [-0.15, -0.1) is 0 Å². The summed E-state index contributed by atoms with van der Waals surface area (Å²) in [6, 6.07) is 14.5. The Morgan fingerprint density at radius 1 is 0.929 bits per heavy atom.